The van der Waals surface area contributed by atoms with Gasteiger partial charge in [0.05, 0.1) is 18.4 Å². The predicted molar refractivity (Wildman–Crippen MR) is 67.3 cm³/mol. The standard InChI is InChI=1S/C13H23NO4/c1-3-14(9-10(2)13(16)17)12(15)8-11-6-4-5-7-18-11/h10-11H,3-9H2,1-2H3,(H,16,17). The molecule has 1 heterocycles. The van der Waals surface area contributed by atoms with Gasteiger partial charge in [0, 0.05) is 19.7 Å². The monoisotopic (exact) mass is 257 g/mol. The highest BCUT2D eigenvalue weighted by Crippen LogP contribution is 2.17. The van der Waals surface area contributed by atoms with E-state index in [2.05, 4.69) is 0 Å². The van der Waals surface area contributed by atoms with Crippen molar-refractivity contribution in [1.82, 2.24) is 4.90 Å². The Morgan fingerprint density at radius 1 is 1.44 bits per heavy atom. The van der Waals surface area contributed by atoms with Crippen LogP contribution in [0.2, 0.25) is 0 Å². The van der Waals surface area contributed by atoms with Crippen molar-refractivity contribution in [2.45, 2.75) is 45.6 Å². The summed E-state index contributed by atoms with van der Waals surface area (Å²) in [7, 11) is 0. The first-order chi connectivity index (χ1) is 8.54. The molecule has 0 aromatic heterocycles. The van der Waals surface area contributed by atoms with Gasteiger partial charge in [-0.3, -0.25) is 9.59 Å². The molecule has 0 aliphatic carbocycles. The van der Waals surface area contributed by atoms with Crippen molar-refractivity contribution in [3.63, 3.8) is 0 Å². The lowest BCUT2D eigenvalue weighted by atomic mass is 10.1. The van der Waals surface area contributed by atoms with Crippen LogP contribution in [0.25, 0.3) is 0 Å². The van der Waals surface area contributed by atoms with Crippen LogP contribution in [-0.4, -0.2) is 47.7 Å². The van der Waals surface area contributed by atoms with Crippen LogP contribution in [0.1, 0.15) is 39.5 Å². The van der Waals surface area contributed by atoms with Crippen LogP contribution >= 0.6 is 0 Å². The first-order valence-corrected chi connectivity index (χ1v) is 6.66. The van der Waals surface area contributed by atoms with E-state index in [1.54, 1.807) is 11.8 Å². The smallest absolute Gasteiger partial charge is 0.308 e. The van der Waals surface area contributed by atoms with Crippen LogP contribution in [-0.2, 0) is 14.3 Å². The van der Waals surface area contributed by atoms with Crippen molar-refractivity contribution in [2.24, 2.45) is 5.92 Å². The number of amides is 1. The summed E-state index contributed by atoms with van der Waals surface area (Å²) in [5.74, 6) is -1.39. The first-order valence-electron chi connectivity index (χ1n) is 6.66. The Kier molecular flexibility index (Phi) is 6.12. The molecule has 1 aliphatic rings. The molecule has 2 unspecified atom stereocenters. The SMILES string of the molecule is CCN(CC(C)C(=O)O)C(=O)CC1CCCCO1. The third-order valence-corrected chi connectivity index (χ3v) is 3.33. The van der Waals surface area contributed by atoms with Crippen molar-refractivity contribution in [3.8, 4) is 0 Å². The van der Waals surface area contributed by atoms with Gasteiger partial charge in [-0.1, -0.05) is 6.92 Å². The zero-order chi connectivity index (χ0) is 13.5. The Morgan fingerprint density at radius 2 is 2.17 bits per heavy atom. The summed E-state index contributed by atoms with van der Waals surface area (Å²) in [6.45, 7) is 5.04. The molecular formula is C13H23NO4. The Hall–Kier alpha value is -1.10. The highest BCUT2D eigenvalue weighted by atomic mass is 16.5. The molecule has 1 amide bonds. The van der Waals surface area contributed by atoms with Crippen LogP contribution in [0.5, 0.6) is 0 Å². The van der Waals surface area contributed by atoms with Crippen molar-refractivity contribution in [2.75, 3.05) is 19.7 Å². The van der Waals surface area contributed by atoms with Crippen LogP contribution in [0.15, 0.2) is 0 Å². The molecule has 104 valence electrons. The van der Waals surface area contributed by atoms with Crippen molar-refractivity contribution in [1.29, 1.82) is 0 Å². The molecule has 0 saturated carbocycles. The molecule has 1 rings (SSSR count). The number of carbonyl (C=O) groups excluding carboxylic acids is 1. The Morgan fingerprint density at radius 3 is 2.67 bits per heavy atom. The third kappa shape index (κ3) is 4.64. The highest BCUT2D eigenvalue weighted by Gasteiger charge is 2.23. The molecule has 0 aromatic rings. The number of carboxylic acid groups (broad SMARTS) is 1. The Balaban J connectivity index is 2.43. The predicted octanol–water partition coefficient (Wildman–Crippen LogP) is 1.51. The second-order valence-corrected chi connectivity index (χ2v) is 4.86. The van der Waals surface area contributed by atoms with E-state index in [1.165, 1.54) is 0 Å². The molecule has 5 heteroatoms. The maximum absolute atomic E-state index is 12.1. The van der Waals surface area contributed by atoms with Crippen molar-refractivity contribution < 1.29 is 19.4 Å². The molecule has 0 radical (unpaired) electrons. The fourth-order valence-electron chi connectivity index (χ4n) is 2.11. The number of rotatable bonds is 6. The van der Waals surface area contributed by atoms with Gasteiger partial charge in [0.15, 0.2) is 0 Å². The summed E-state index contributed by atoms with van der Waals surface area (Å²) in [5, 5.41) is 8.87. The molecule has 18 heavy (non-hydrogen) atoms. The molecule has 2 atom stereocenters. The zero-order valence-electron chi connectivity index (χ0n) is 11.2. The van der Waals surface area contributed by atoms with Gasteiger partial charge < -0.3 is 14.7 Å². The molecule has 0 aromatic carbocycles. The topological polar surface area (TPSA) is 66.8 Å². The Labute approximate surface area is 108 Å². The average Bonchev–Trinajstić information content (AvgIpc) is 2.36. The summed E-state index contributed by atoms with van der Waals surface area (Å²) in [6.07, 6.45) is 3.49. The van der Waals surface area contributed by atoms with Crippen LogP contribution in [0.4, 0.5) is 0 Å². The summed E-state index contributed by atoms with van der Waals surface area (Å²) in [6, 6.07) is 0. The molecule has 0 spiro atoms. The fraction of sp³-hybridized carbons (Fsp3) is 0.846. The zero-order valence-corrected chi connectivity index (χ0v) is 11.2. The summed E-state index contributed by atoms with van der Waals surface area (Å²) in [4.78, 5) is 24.5. The maximum atomic E-state index is 12.1. The van der Waals surface area contributed by atoms with E-state index in [9.17, 15) is 9.59 Å². The van der Waals surface area contributed by atoms with Gasteiger partial charge >= 0.3 is 5.97 Å². The fourth-order valence-corrected chi connectivity index (χ4v) is 2.11. The number of hydrogen-bond acceptors (Lipinski definition) is 3. The van der Waals surface area contributed by atoms with Crippen LogP contribution < -0.4 is 0 Å². The third-order valence-electron chi connectivity index (χ3n) is 3.33. The lowest BCUT2D eigenvalue weighted by Crippen LogP contribution is -2.39. The van der Waals surface area contributed by atoms with Crippen LogP contribution in [0, 0.1) is 5.92 Å². The second-order valence-electron chi connectivity index (χ2n) is 4.86. The van der Waals surface area contributed by atoms with Gasteiger partial charge in [0.1, 0.15) is 0 Å². The summed E-state index contributed by atoms with van der Waals surface area (Å²) >= 11 is 0. The average molecular weight is 257 g/mol. The highest BCUT2D eigenvalue weighted by molar-refractivity contribution is 5.78. The number of aliphatic carboxylic acids is 1. The number of nitrogens with zero attached hydrogens (tertiary/aromatic N) is 1. The van der Waals surface area contributed by atoms with Crippen molar-refractivity contribution >= 4 is 11.9 Å². The van der Waals surface area contributed by atoms with E-state index < -0.39 is 11.9 Å². The van der Waals surface area contributed by atoms with Gasteiger partial charge in [-0.05, 0) is 26.2 Å². The van der Waals surface area contributed by atoms with E-state index in [4.69, 9.17) is 9.84 Å². The van der Waals surface area contributed by atoms with Gasteiger partial charge in [0.2, 0.25) is 5.91 Å². The van der Waals surface area contributed by atoms with Gasteiger partial charge in [-0.2, -0.15) is 0 Å². The van der Waals surface area contributed by atoms with E-state index in [1.807, 2.05) is 6.92 Å². The lowest BCUT2D eigenvalue weighted by Gasteiger charge is -2.27. The second kappa shape index (κ2) is 7.36. The molecule has 1 fully saturated rings. The van der Waals surface area contributed by atoms with E-state index in [-0.39, 0.29) is 18.6 Å². The summed E-state index contributed by atoms with van der Waals surface area (Å²) in [5.41, 5.74) is 0. The lowest BCUT2D eigenvalue weighted by molar-refractivity contribution is -0.143. The Bertz CT molecular complexity index is 287. The van der Waals surface area contributed by atoms with E-state index >= 15 is 0 Å². The number of carbonyl (C=O) groups is 2. The molecule has 0 bridgehead atoms. The number of ether oxygens (including phenoxy) is 1. The minimum atomic E-state index is -0.866. The molecule has 1 saturated heterocycles. The van der Waals surface area contributed by atoms with Crippen molar-refractivity contribution in [3.05, 3.63) is 0 Å². The van der Waals surface area contributed by atoms with Gasteiger partial charge in [0.25, 0.3) is 0 Å². The summed E-state index contributed by atoms with van der Waals surface area (Å²) < 4.78 is 5.53. The molecule has 5 nitrogen and oxygen atoms in total. The van der Waals surface area contributed by atoms with Gasteiger partial charge in [-0.15, -0.1) is 0 Å². The maximum Gasteiger partial charge on any atom is 0.308 e. The quantitative estimate of drug-likeness (QED) is 0.783. The first kappa shape index (κ1) is 15.0. The van der Waals surface area contributed by atoms with E-state index in [0.29, 0.717) is 13.0 Å². The molecular weight excluding hydrogens is 234 g/mol. The minimum Gasteiger partial charge on any atom is -0.481 e. The van der Waals surface area contributed by atoms with E-state index in [0.717, 1.165) is 25.9 Å². The van der Waals surface area contributed by atoms with Gasteiger partial charge in [-0.25, -0.2) is 0 Å². The number of hydrogen-bond donors (Lipinski definition) is 1. The normalized spacial score (nSPS) is 21.3. The minimum absolute atomic E-state index is 0.00231. The number of carboxylic acids is 1. The molecule has 1 aliphatic heterocycles. The van der Waals surface area contributed by atoms with Crippen LogP contribution in [0.3, 0.4) is 0 Å². The molecule has 1 N–H and O–H groups in total. The largest absolute Gasteiger partial charge is 0.481 e.